The van der Waals surface area contributed by atoms with Crippen LogP contribution in [0.1, 0.15) is 27.0 Å². The number of nitrogens with zero attached hydrogens (tertiary/aromatic N) is 1. The van der Waals surface area contributed by atoms with Gasteiger partial charge in [0.15, 0.2) is 17.8 Å². The number of carbonyl (C=O) groups excluding carboxylic acids is 1. The lowest BCUT2D eigenvalue weighted by Gasteiger charge is -2.19. The summed E-state index contributed by atoms with van der Waals surface area (Å²) in [5, 5.41) is 9.91. The third kappa shape index (κ3) is 4.01. The van der Waals surface area contributed by atoms with Gasteiger partial charge in [-0.3, -0.25) is 4.79 Å². The first kappa shape index (κ1) is 21.0. The van der Waals surface area contributed by atoms with Gasteiger partial charge in [-0.05, 0) is 41.0 Å². The molecule has 0 spiro atoms. The van der Waals surface area contributed by atoms with Crippen LogP contribution in [0.2, 0.25) is 0 Å². The number of hydrogen-bond donors (Lipinski definition) is 0. The third-order valence-corrected chi connectivity index (χ3v) is 5.20. The molecule has 0 N–H and O–H groups in total. The van der Waals surface area contributed by atoms with Gasteiger partial charge in [-0.25, -0.2) is 0 Å². The fourth-order valence-electron chi connectivity index (χ4n) is 3.64. The molecular formula is C26H21NO5. The summed E-state index contributed by atoms with van der Waals surface area (Å²) in [6.45, 7) is 1.03. The second-order valence-corrected chi connectivity index (χ2v) is 7.03. The predicted octanol–water partition coefficient (Wildman–Crippen LogP) is 5.00. The van der Waals surface area contributed by atoms with Crippen molar-refractivity contribution in [3.63, 3.8) is 0 Å². The van der Waals surface area contributed by atoms with Crippen LogP contribution in [0.25, 0.3) is 23.3 Å². The predicted molar refractivity (Wildman–Crippen MR) is 121 cm³/mol. The van der Waals surface area contributed by atoms with Crippen molar-refractivity contribution < 1.29 is 23.7 Å². The van der Waals surface area contributed by atoms with Gasteiger partial charge in [0.25, 0.3) is 0 Å². The first-order valence-corrected chi connectivity index (χ1v) is 10.0. The van der Waals surface area contributed by atoms with Gasteiger partial charge in [0.1, 0.15) is 30.8 Å². The van der Waals surface area contributed by atoms with Gasteiger partial charge in [0.05, 0.1) is 25.3 Å². The Morgan fingerprint density at radius 2 is 1.66 bits per heavy atom. The Morgan fingerprint density at radius 3 is 2.31 bits per heavy atom. The van der Waals surface area contributed by atoms with Crippen LogP contribution in [0, 0.1) is 11.3 Å². The minimum Gasteiger partial charge on any atom is -0.496 e. The van der Waals surface area contributed by atoms with E-state index >= 15 is 0 Å². The first-order valence-electron chi connectivity index (χ1n) is 10.0. The topological polar surface area (TPSA) is 77.8 Å². The number of ether oxygens (including phenoxy) is 4. The maximum atomic E-state index is 11.4. The second-order valence-electron chi connectivity index (χ2n) is 7.03. The van der Waals surface area contributed by atoms with Crippen LogP contribution in [0.4, 0.5) is 0 Å². The molecule has 0 atom stereocenters. The Labute approximate surface area is 186 Å². The van der Waals surface area contributed by atoms with E-state index < -0.39 is 0 Å². The average molecular weight is 427 g/mol. The summed E-state index contributed by atoms with van der Waals surface area (Å²) in [4.78, 5) is 11.4. The summed E-state index contributed by atoms with van der Waals surface area (Å²) in [5.41, 5.74) is 4.11. The highest BCUT2D eigenvalue weighted by Gasteiger charge is 2.15. The Morgan fingerprint density at radius 1 is 0.938 bits per heavy atom. The van der Waals surface area contributed by atoms with E-state index in [4.69, 9.17) is 18.9 Å². The summed E-state index contributed by atoms with van der Waals surface area (Å²) >= 11 is 0. The van der Waals surface area contributed by atoms with Crippen molar-refractivity contribution >= 4 is 18.4 Å². The van der Waals surface area contributed by atoms with Crippen LogP contribution < -0.4 is 18.9 Å². The molecule has 0 saturated heterocycles. The number of nitriles is 1. The molecule has 32 heavy (non-hydrogen) atoms. The summed E-state index contributed by atoms with van der Waals surface area (Å²) in [6, 6.07) is 17.2. The number of methoxy groups -OCH3 is 2. The Bertz CT molecular complexity index is 1210. The Balaban J connectivity index is 1.73. The fourth-order valence-corrected chi connectivity index (χ4v) is 3.64. The monoisotopic (exact) mass is 427 g/mol. The molecule has 1 heterocycles. The van der Waals surface area contributed by atoms with Crippen LogP contribution in [-0.4, -0.2) is 33.7 Å². The molecule has 0 saturated carbocycles. The number of fused-ring (bicyclic) bond motifs is 1. The number of hydrogen-bond acceptors (Lipinski definition) is 6. The molecule has 4 rings (SSSR count). The quantitative estimate of drug-likeness (QED) is 0.407. The van der Waals surface area contributed by atoms with Crippen molar-refractivity contribution in [2.45, 2.75) is 0 Å². The van der Waals surface area contributed by atoms with E-state index in [1.807, 2.05) is 48.6 Å². The molecule has 6 nitrogen and oxygen atoms in total. The smallest absolute Gasteiger partial charge is 0.161 e. The lowest BCUT2D eigenvalue weighted by atomic mass is 9.95. The van der Waals surface area contributed by atoms with Gasteiger partial charge in [0, 0.05) is 5.56 Å². The van der Waals surface area contributed by atoms with E-state index in [2.05, 4.69) is 6.07 Å². The minimum atomic E-state index is 0.352. The Kier molecular flexibility index (Phi) is 6.09. The summed E-state index contributed by atoms with van der Waals surface area (Å²) < 4.78 is 21.9. The molecule has 0 aromatic heterocycles. The molecule has 3 aromatic carbocycles. The molecule has 3 aromatic rings. The SMILES string of the molecule is COc1cc(/C=C/c2cccc(-c3ccc4c(c3)OCCO4)c2C#N)cc(OC)c1C=O. The van der Waals surface area contributed by atoms with E-state index in [9.17, 15) is 10.1 Å². The molecule has 0 bridgehead atoms. The molecule has 1 aliphatic heterocycles. The van der Waals surface area contributed by atoms with Crippen molar-refractivity contribution in [2.24, 2.45) is 0 Å². The van der Waals surface area contributed by atoms with Crippen molar-refractivity contribution in [2.75, 3.05) is 27.4 Å². The summed E-state index contributed by atoms with van der Waals surface area (Å²) in [6.07, 6.45) is 4.41. The van der Waals surface area contributed by atoms with Crippen molar-refractivity contribution in [3.05, 3.63) is 70.8 Å². The lowest BCUT2D eigenvalue weighted by molar-refractivity contribution is 0.111. The first-order chi connectivity index (χ1) is 15.7. The van der Waals surface area contributed by atoms with E-state index in [1.54, 1.807) is 12.1 Å². The molecule has 0 amide bonds. The normalized spacial score (nSPS) is 12.3. The van der Waals surface area contributed by atoms with Gasteiger partial charge in [-0.1, -0.05) is 36.4 Å². The van der Waals surface area contributed by atoms with Crippen molar-refractivity contribution in [1.82, 2.24) is 0 Å². The zero-order chi connectivity index (χ0) is 22.5. The third-order valence-electron chi connectivity index (χ3n) is 5.20. The summed E-state index contributed by atoms with van der Waals surface area (Å²) in [7, 11) is 3.00. The van der Waals surface area contributed by atoms with Gasteiger partial charge in [0.2, 0.25) is 0 Å². The molecule has 0 aliphatic carbocycles. The van der Waals surface area contributed by atoms with Crippen molar-refractivity contribution in [1.29, 1.82) is 5.26 Å². The highest BCUT2D eigenvalue weighted by molar-refractivity contribution is 5.86. The van der Waals surface area contributed by atoms with Gasteiger partial charge in [-0.15, -0.1) is 0 Å². The number of aldehydes is 1. The number of rotatable bonds is 6. The Hall–Kier alpha value is -4.24. The van der Waals surface area contributed by atoms with Gasteiger partial charge < -0.3 is 18.9 Å². The molecule has 0 radical (unpaired) electrons. The fraction of sp³-hybridized carbons (Fsp3) is 0.154. The highest BCUT2D eigenvalue weighted by atomic mass is 16.6. The zero-order valence-corrected chi connectivity index (χ0v) is 17.8. The maximum absolute atomic E-state index is 11.4. The zero-order valence-electron chi connectivity index (χ0n) is 17.8. The molecule has 0 fully saturated rings. The van der Waals surface area contributed by atoms with E-state index in [1.165, 1.54) is 14.2 Å². The van der Waals surface area contributed by atoms with Crippen LogP contribution in [0.3, 0.4) is 0 Å². The van der Waals surface area contributed by atoms with E-state index in [-0.39, 0.29) is 0 Å². The van der Waals surface area contributed by atoms with Crippen LogP contribution in [0.15, 0.2) is 48.5 Å². The molecule has 1 aliphatic rings. The lowest BCUT2D eigenvalue weighted by Crippen LogP contribution is -2.15. The molecular weight excluding hydrogens is 406 g/mol. The largest absolute Gasteiger partial charge is 0.496 e. The van der Waals surface area contributed by atoms with Crippen LogP contribution >= 0.6 is 0 Å². The molecule has 0 unspecified atom stereocenters. The highest BCUT2D eigenvalue weighted by Crippen LogP contribution is 2.36. The minimum absolute atomic E-state index is 0.352. The van der Waals surface area contributed by atoms with Gasteiger partial charge in [-0.2, -0.15) is 5.26 Å². The van der Waals surface area contributed by atoms with Crippen LogP contribution in [-0.2, 0) is 0 Å². The number of carbonyl (C=O) groups is 1. The number of benzene rings is 3. The van der Waals surface area contributed by atoms with E-state index in [0.717, 1.165) is 22.3 Å². The van der Waals surface area contributed by atoms with Gasteiger partial charge >= 0.3 is 0 Å². The maximum Gasteiger partial charge on any atom is 0.161 e. The molecule has 160 valence electrons. The van der Waals surface area contributed by atoms with Crippen LogP contribution in [0.5, 0.6) is 23.0 Å². The van der Waals surface area contributed by atoms with Crippen molar-refractivity contribution in [3.8, 4) is 40.2 Å². The second kappa shape index (κ2) is 9.27. The van der Waals surface area contributed by atoms with E-state index in [0.29, 0.717) is 53.6 Å². The summed E-state index contributed by atoms with van der Waals surface area (Å²) in [5.74, 6) is 2.22. The molecule has 6 heteroatoms. The standard InChI is InChI=1S/C26H21NO5/c1-29-24-12-17(13-25(30-2)22(24)16-28)6-7-18-4-3-5-20(21(18)15-27)19-8-9-23-26(14-19)32-11-10-31-23/h3-9,12-14,16H,10-11H2,1-2H3/b7-6+. The average Bonchev–Trinajstić information content (AvgIpc) is 2.85.